The number of benzene rings is 2. The Bertz CT molecular complexity index is 809. The summed E-state index contributed by atoms with van der Waals surface area (Å²) in [5.41, 5.74) is 5.36. The predicted molar refractivity (Wildman–Crippen MR) is 103 cm³/mol. The quantitative estimate of drug-likeness (QED) is 0.887. The number of carbonyl (C=O) groups excluding carboxylic acids is 1. The molecule has 1 atom stereocenters. The fraction of sp³-hybridized carbons (Fsp3) is 0.381. The normalized spacial score (nSPS) is 13.8. The number of anilines is 1. The predicted octanol–water partition coefficient (Wildman–Crippen LogP) is 3.80. The standard InChI is InChI=1S/C21H26N2O3/c1-13-8-14(2)20(15(3)9-13)22-21(24)16(4)23(5)11-17-6-7-18-19(10-17)26-12-25-18/h6-10,16H,11-12H2,1-5H3,(H,22,24)/t16-/m0/s1. The van der Waals surface area contributed by atoms with Gasteiger partial charge in [-0.25, -0.2) is 0 Å². The van der Waals surface area contributed by atoms with Gasteiger partial charge in [-0.3, -0.25) is 9.69 Å². The zero-order valence-electron chi connectivity index (χ0n) is 16.1. The number of nitrogens with one attached hydrogen (secondary N) is 1. The Hall–Kier alpha value is -2.53. The molecule has 0 bridgehead atoms. The third kappa shape index (κ3) is 3.83. The molecule has 1 heterocycles. The molecule has 0 saturated heterocycles. The molecule has 3 rings (SSSR count). The molecule has 1 aliphatic rings. The lowest BCUT2D eigenvalue weighted by atomic mass is 10.0. The highest BCUT2D eigenvalue weighted by Gasteiger charge is 2.21. The summed E-state index contributed by atoms with van der Waals surface area (Å²) in [6.07, 6.45) is 0. The summed E-state index contributed by atoms with van der Waals surface area (Å²) in [6, 6.07) is 9.80. The molecule has 0 fully saturated rings. The van der Waals surface area contributed by atoms with Crippen LogP contribution in [-0.2, 0) is 11.3 Å². The van der Waals surface area contributed by atoms with Crippen LogP contribution in [0.3, 0.4) is 0 Å². The van der Waals surface area contributed by atoms with E-state index in [-0.39, 0.29) is 18.7 Å². The molecule has 1 amide bonds. The molecule has 0 radical (unpaired) electrons. The number of amides is 1. The fourth-order valence-corrected chi connectivity index (χ4v) is 3.27. The number of nitrogens with zero attached hydrogens (tertiary/aromatic N) is 1. The van der Waals surface area contributed by atoms with E-state index in [2.05, 4.69) is 24.4 Å². The number of likely N-dealkylation sites (N-methyl/N-ethyl adjacent to an activating group) is 1. The Morgan fingerprint density at radius 2 is 1.77 bits per heavy atom. The van der Waals surface area contributed by atoms with Crippen LogP contribution in [0.15, 0.2) is 30.3 Å². The lowest BCUT2D eigenvalue weighted by Gasteiger charge is -2.25. The Labute approximate surface area is 154 Å². The van der Waals surface area contributed by atoms with Crippen molar-refractivity contribution in [2.24, 2.45) is 0 Å². The summed E-state index contributed by atoms with van der Waals surface area (Å²) in [5, 5.41) is 3.09. The largest absolute Gasteiger partial charge is 0.454 e. The molecule has 2 aromatic rings. The molecule has 1 aliphatic heterocycles. The number of aryl methyl sites for hydroxylation is 3. The van der Waals surface area contributed by atoms with Crippen LogP contribution in [0.1, 0.15) is 29.2 Å². The first-order chi connectivity index (χ1) is 12.3. The Morgan fingerprint density at radius 3 is 2.46 bits per heavy atom. The Kier molecular flexibility index (Phi) is 5.18. The second-order valence-corrected chi connectivity index (χ2v) is 7.04. The summed E-state index contributed by atoms with van der Waals surface area (Å²) < 4.78 is 10.8. The van der Waals surface area contributed by atoms with Gasteiger partial charge in [-0.1, -0.05) is 23.8 Å². The molecular weight excluding hydrogens is 328 g/mol. The summed E-state index contributed by atoms with van der Waals surface area (Å²) in [5.74, 6) is 1.52. The van der Waals surface area contributed by atoms with Crippen molar-refractivity contribution in [3.05, 3.63) is 52.6 Å². The molecule has 0 aromatic heterocycles. The summed E-state index contributed by atoms with van der Waals surface area (Å²) in [6.45, 7) is 8.95. The third-order valence-corrected chi connectivity index (χ3v) is 4.83. The van der Waals surface area contributed by atoms with Crippen LogP contribution in [0.4, 0.5) is 5.69 Å². The van der Waals surface area contributed by atoms with E-state index in [4.69, 9.17) is 9.47 Å². The summed E-state index contributed by atoms with van der Waals surface area (Å²) in [7, 11) is 1.95. The molecule has 5 heteroatoms. The van der Waals surface area contributed by atoms with Crippen molar-refractivity contribution in [1.82, 2.24) is 4.90 Å². The summed E-state index contributed by atoms with van der Waals surface area (Å²) >= 11 is 0. The molecule has 138 valence electrons. The highest BCUT2D eigenvalue weighted by Crippen LogP contribution is 2.32. The molecule has 1 N–H and O–H groups in total. The average molecular weight is 354 g/mol. The van der Waals surface area contributed by atoms with E-state index in [1.54, 1.807) is 0 Å². The number of hydrogen-bond acceptors (Lipinski definition) is 4. The van der Waals surface area contributed by atoms with Crippen LogP contribution in [-0.4, -0.2) is 30.7 Å². The first-order valence-electron chi connectivity index (χ1n) is 8.82. The van der Waals surface area contributed by atoms with Gasteiger partial charge < -0.3 is 14.8 Å². The molecule has 5 nitrogen and oxygen atoms in total. The fourth-order valence-electron chi connectivity index (χ4n) is 3.27. The number of hydrogen-bond donors (Lipinski definition) is 1. The number of rotatable bonds is 5. The van der Waals surface area contributed by atoms with Crippen molar-refractivity contribution >= 4 is 11.6 Å². The monoisotopic (exact) mass is 354 g/mol. The minimum absolute atomic E-state index is 0.0108. The van der Waals surface area contributed by atoms with Crippen LogP contribution in [0, 0.1) is 20.8 Å². The van der Waals surface area contributed by atoms with E-state index < -0.39 is 0 Å². The zero-order chi connectivity index (χ0) is 18.8. The van der Waals surface area contributed by atoms with Crippen LogP contribution in [0.2, 0.25) is 0 Å². The van der Waals surface area contributed by atoms with Crippen molar-refractivity contribution in [2.75, 3.05) is 19.2 Å². The van der Waals surface area contributed by atoms with Crippen molar-refractivity contribution < 1.29 is 14.3 Å². The summed E-state index contributed by atoms with van der Waals surface area (Å²) in [4.78, 5) is 14.7. The van der Waals surface area contributed by atoms with Gasteiger partial charge in [0.2, 0.25) is 12.7 Å². The van der Waals surface area contributed by atoms with Gasteiger partial charge >= 0.3 is 0 Å². The van der Waals surface area contributed by atoms with E-state index >= 15 is 0 Å². The van der Waals surface area contributed by atoms with Crippen LogP contribution in [0.5, 0.6) is 11.5 Å². The van der Waals surface area contributed by atoms with Gasteiger partial charge in [-0.2, -0.15) is 0 Å². The van der Waals surface area contributed by atoms with Gasteiger partial charge in [0, 0.05) is 12.2 Å². The van der Waals surface area contributed by atoms with Crippen molar-refractivity contribution in [1.29, 1.82) is 0 Å². The Balaban J connectivity index is 1.66. The SMILES string of the molecule is Cc1cc(C)c(NC(=O)[C@H](C)N(C)Cc2ccc3c(c2)OCO3)c(C)c1. The highest BCUT2D eigenvalue weighted by atomic mass is 16.7. The minimum Gasteiger partial charge on any atom is -0.454 e. The van der Waals surface area contributed by atoms with Gasteiger partial charge in [-0.05, 0) is 63.6 Å². The molecular formula is C21H26N2O3. The zero-order valence-corrected chi connectivity index (χ0v) is 16.1. The van der Waals surface area contributed by atoms with E-state index in [1.165, 1.54) is 5.56 Å². The molecule has 0 unspecified atom stereocenters. The van der Waals surface area contributed by atoms with Gasteiger partial charge in [0.25, 0.3) is 0 Å². The van der Waals surface area contributed by atoms with E-state index in [0.717, 1.165) is 33.9 Å². The Morgan fingerprint density at radius 1 is 1.12 bits per heavy atom. The van der Waals surface area contributed by atoms with Crippen molar-refractivity contribution in [3.8, 4) is 11.5 Å². The molecule has 26 heavy (non-hydrogen) atoms. The lowest BCUT2D eigenvalue weighted by Crippen LogP contribution is -2.39. The van der Waals surface area contributed by atoms with Gasteiger partial charge in [0.05, 0.1) is 6.04 Å². The second-order valence-electron chi connectivity index (χ2n) is 7.04. The van der Waals surface area contributed by atoms with E-state index in [0.29, 0.717) is 6.54 Å². The first-order valence-corrected chi connectivity index (χ1v) is 8.82. The molecule has 0 saturated carbocycles. The average Bonchev–Trinajstić information content (AvgIpc) is 3.04. The van der Waals surface area contributed by atoms with Gasteiger partial charge in [-0.15, -0.1) is 0 Å². The molecule has 2 aromatic carbocycles. The van der Waals surface area contributed by atoms with Crippen LogP contribution in [0.25, 0.3) is 0 Å². The second kappa shape index (κ2) is 7.38. The smallest absolute Gasteiger partial charge is 0.241 e. The topological polar surface area (TPSA) is 50.8 Å². The first kappa shape index (κ1) is 18.3. The number of ether oxygens (including phenoxy) is 2. The minimum atomic E-state index is -0.263. The maximum Gasteiger partial charge on any atom is 0.241 e. The number of fused-ring (bicyclic) bond motifs is 1. The van der Waals surface area contributed by atoms with E-state index in [1.807, 2.05) is 50.9 Å². The maximum atomic E-state index is 12.7. The van der Waals surface area contributed by atoms with Crippen LogP contribution >= 0.6 is 0 Å². The number of carbonyl (C=O) groups is 1. The van der Waals surface area contributed by atoms with Crippen molar-refractivity contribution in [3.63, 3.8) is 0 Å². The highest BCUT2D eigenvalue weighted by molar-refractivity contribution is 5.95. The van der Waals surface area contributed by atoms with Crippen molar-refractivity contribution in [2.45, 2.75) is 40.3 Å². The molecule has 0 spiro atoms. The lowest BCUT2D eigenvalue weighted by molar-refractivity contribution is -0.120. The van der Waals surface area contributed by atoms with Gasteiger partial charge in [0.15, 0.2) is 11.5 Å². The molecule has 0 aliphatic carbocycles. The maximum absolute atomic E-state index is 12.7. The van der Waals surface area contributed by atoms with E-state index in [9.17, 15) is 4.79 Å². The van der Waals surface area contributed by atoms with Crippen LogP contribution < -0.4 is 14.8 Å². The third-order valence-electron chi connectivity index (χ3n) is 4.83. The van der Waals surface area contributed by atoms with Gasteiger partial charge in [0.1, 0.15) is 0 Å².